The van der Waals surface area contributed by atoms with Crippen molar-refractivity contribution < 1.29 is 20.1 Å². The molecule has 0 aromatic heterocycles. The van der Waals surface area contributed by atoms with Crippen LogP contribution in [0.15, 0.2) is 5.11 Å². The second kappa shape index (κ2) is 4.59. The summed E-state index contributed by atoms with van der Waals surface area (Å²) in [6, 6.07) is -0.948. The predicted molar refractivity (Wildman–Crippen MR) is 46.4 cm³/mol. The second-order valence-electron chi connectivity index (χ2n) is 3.24. The molecule has 0 amide bonds. The van der Waals surface area contributed by atoms with Gasteiger partial charge < -0.3 is 20.1 Å². The first kappa shape index (κ1) is 11.2. The summed E-state index contributed by atoms with van der Waals surface area (Å²) in [7, 11) is 0. The molecular weight excluding hydrogens is 190 g/mol. The van der Waals surface area contributed by atoms with E-state index in [-0.39, 0.29) is 6.61 Å². The minimum absolute atomic E-state index is 0.363. The van der Waals surface area contributed by atoms with Gasteiger partial charge in [-0.2, -0.15) is 0 Å². The third-order valence-corrected chi connectivity index (χ3v) is 2.32. The highest BCUT2D eigenvalue weighted by Crippen LogP contribution is 2.23. The molecule has 14 heavy (non-hydrogen) atoms. The molecular formula is C7H13N3O4. The van der Waals surface area contributed by atoms with Gasteiger partial charge in [0.2, 0.25) is 0 Å². The highest BCUT2D eigenvalue weighted by Gasteiger charge is 2.41. The van der Waals surface area contributed by atoms with Crippen molar-refractivity contribution in [3.8, 4) is 0 Å². The molecule has 0 saturated carbocycles. The fourth-order valence-electron chi connectivity index (χ4n) is 1.49. The lowest BCUT2D eigenvalue weighted by Gasteiger charge is -2.39. The van der Waals surface area contributed by atoms with Crippen molar-refractivity contribution in [2.75, 3.05) is 6.61 Å². The Kier molecular flexibility index (Phi) is 3.68. The van der Waals surface area contributed by atoms with Crippen LogP contribution in [0, 0.1) is 0 Å². The minimum Gasteiger partial charge on any atom is -0.394 e. The molecule has 0 aromatic carbocycles. The van der Waals surface area contributed by atoms with Gasteiger partial charge in [0.25, 0.3) is 0 Å². The summed E-state index contributed by atoms with van der Waals surface area (Å²) < 4.78 is 5.16. The van der Waals surface area contributed by atoms with E-state index in [1.807, 2.05) is 0 Å². The Morgan fingerprint density at radius 3 is 2.57 bits per heavy atom. The maximum Gasteiger partial charge on any atom is 0.106 e. The molecule has 0 spiro atoms. The molecule has 1 aliphatic rings. The van der Waals surface area contributed by atoms with Crippen LogP contribution < -0.4 is 0 Å². The monoisotopic (exact) mass is 203 g/mol. The summed E-state index contributed by atoms with van der Waals surface area (Å²) >= 11 is 0. The van der Waals surface area contributed by atoms with Gasteiger partial charge in [-0.1, -0.05) is 5.11 Å². The zero-order valence-electron chi connectivity index (χ0n) is 7.69. The number of aliphatic hydroxyl groups excluding tert-OH is 3. The topological polar surface area (TPSA) is 119 Å². The third-order valence-electron chi connectivity index (χ3n) is 2.32. The molecule has 1 heterocycles. The van der Waals surface area contributed by atoms with E-state index in [2.05, 4.69) is 10.0 Å². The second-order valence-corrected chi connectivity index (χ2v) is 3.24. The van der Waals surface area contributed by atoms with Crippen LogP contribution in [0.2, 0.25) is 0 Å². The fraction of sp³-hybridized carbons (Fsp3) is 1.00. The summed E-state index contributed by atoms with van der Waals surface area (Å²) in [6.07, 6.45) is -3.66. The molecule has 0 aliphatic carbocycles. The minimum atomic E-state index is -1.20. The van der Waals surface area contributed by atoms with Gasteiger partial charge >= 0.3 is 0 Å². The van der Waals surface area contributed by atoms with Crippen molar-refractivity contribution in [1.29, 1.82) is 0 Å². The molecule has 5 atom stereocenters. The Bertz CT molecular complexity index is 241. The highest BCUT2D eigenvalue weighted by atomic mass is 16.5. The number of rotatable bonds is 2. The SMILES string of the molecule is C[C@@H]1OC(CO)[C@H](N=[N+]=[N-])C(O)[C@H]1O. The van der Waals surface area contributed by atoms with Gasteiger partial charge in [0, 0.05) is 4.91 Å². The fourth-order valence-corrected chi connectivity index (χ4v) is 1.49. The van der Waals surface area contributed by atoms with E-state index in [1.54, 1.807) is 6.92 Å². The van der Waals surface area contributed by atoms with E-state index < -0.39 is 30.5 Å². The van der Waals surface area contributed by atoms with Crippen molar-refractivity contribution in [3.05, 3.63) is 10.4 Å². The van der Waals surface area contributed by atoms with Crippen LogP contribution in [0.3, 0.4) is 0 Å². The van der Waals surface area contributed by atoms with Crippen molar-refractivity contribution in [1.82, 2.24) is 0 Å². The molecule has 0 bridgehead atoms. The van der Waals surface area contributed by atoms with Crippen LogP contribution in [-0.4, -0.2) is 52.4 Å². The maximum absolute atomic E-state index is 9.53. The van der Waals surface area contributed by atoms with Gasteiger partial charge in [0.05, 0.1) is 31.0 Å². The van der Waals surface area contributed by atoms with Crippen LogP contribution in [0.5, 0.6) is 0 Å². The Balaban J connectivity index is 2.82. The molecule has 2 unspecified atom stereocenters. The summed E-state index contributed by atoms with van der Waals surface area (Å²) in [4.78, 5) is 2.53. The largest absolute Gasteiger partial charge is 0.394 e. The Hall–Kier alpha value is -0.850. The standard InChI is InChI=1S/C7H13N3O4/c1-3-6(12)7(13)5(9-10-8)4(2-11)14-3/h3-7,11-13H,2H2,1H3/t3-,4?,5-,6-,7?/m0/s1. The Morgan fingerprint density at radius 2 is 2.07 bits per heavy atom. The summed E-state index contributed by atoms with van der Waals surface area (Å²) in [5.41, 5.74) is 8.23. The molecule has 1 rings (SSSR count). The van der Waals surface area contributed by atoms with Gasteiger partial charge in [-0.15, -0.1) is 0 Å². The van der Waals surface area contributed by atoms with E-state index in [0.717, 1.165) is 0 Å². The molecule has 0 radical (unpaired) electrons. The normalized spacial score (nSPS) is 43.0. The van der Waals surface area contributed by atoms with E-state index in [9.17, 15) is 10.2 Å². The van der Waals surface area contributed by atoms with Crippen molar-refractivity contribution in [2.45, 2.75) is 37.4 Å². The summed E-state index contributed by atoms with van der Waals surface area (Å²) in [5.74, 6) is 0. The van der Waals surface area contributed by atoms with Gasteiger partial charge in [-0.3, -0.25) is 0 Å². The molecule has 7 heteroatoms. The van der Waals surface area contributed by atoms with E-state index >= 15 is 0 Å². The van der Waals surface area contributed by atoms with Crippen LogP contribution in [-0.2, 0) is 4.74 Å². The van der Waals surface area contributed by atoms with Crippen LogP contribution in [0.1, 0.15) is 6.92 Å². The average Bonchev–Trinajstić information content (AvgIpc) is 2.19. The van der Waals surface area contributed by atoms with E-state index in [1.165, 1.54) is 0 Å². The van der Waals surface area contributed by atoms with Crippen LogP contribution >= 0.6 is 0 Å². The number of hydrogen-bond donors (Lipinski definition) is 3. The third kappa shape index (κ3) is 1.97. The van der Waals surface area contributed by atoms with Gasteiger partial charge in [-0.05, 0) is 12.5 Å². The average molecular weight is 203 g/mol. The lowest BCUT2D eigenvalue weighted by molar-refractivity contribution is -0.180. The van der Waals surface area contributed by atoms with Crippen molar-refractivity contribution >= 4 is 0 Å². The molecule has 3 N–H and O–H groups in total. The Labute approximate surface area is 80.6 Å². The highest BCUT2D eigenvalue weighted by molar-refractivity contribution is 4.95. The number of hydrogen-bond acceptors (Lipinski definition) is 5. The van der Waals surface area contributed by atoms with Crippen molar-refractivity contribution in [3.63, 3.8) is 0 Å². The molecule has 7 nitrogen and oxygen atoms in total. The van der Waals surface area contributed by atoms with Gasteiger partial charge in [0.15, 0.2) is 0 Å². The van der Waals surface area contributed by atoms with Crippen LogP contribution in [0.4, 0.5) is 0 Å². The quantitative estimate of drug-likeness (QED) is 0.308. The zero-order chi connectivity index (χ0) is 10.7. The molecule has 1 saturated heterocycles. The summed E-state index contributed by atoms with van der Waals surface area (Å²) in [6.45, 7) is 1.21. The lowest BCUT2D eigenvalue weighted by atomic mass is 9.94. The van der Waals surface area contributed by atoms with E-state index in [0.29, 0.717) is 0 Å². The molecule has 80 valence electrons. The first-order valence-corrected chi connectivity index (χ1v) is 4.28. The van der Waals surface area contributed by atoms with Gasteiger partial charge in [0.1, 0.15) is 6.10 Å². The number of ether oxygens (including phenoxy) is 1. The first-order valence-electron chi connectivity index (χ1n) is 4.28. The zero-order valence-corrected chi connectivity index (χ0v) is 7.69. The lowest BCUT2D eigenvalue weighted by Crippen LogP contribution is -2.56. The van der Waals surface area contributed by atoms with Crippen LogP contribution in [0.25, 0.3) is 10.4 Å². The number of azide groups is 1. The number of nitrogens with zero attached hydrogens (tertiary/aromatic N) is 3. The Morgan fingerprint density at radius 1 is 1.43 bits per heavy atom. The smallest absolute Gasteiger partial charge is 0.106 e. The molecule has 1 fully saturated rings. The molecule has 0 aromatic rings. The van der Waals surface area contributed by atoms with Crippen molar-refractivity contribution in [2.24, 2.45) is 5.11 Å². The number of aliphatic hydroxyl groups is 3. The first-order chi connectivity index (χ1) is 6.61. The summed E-state index contributed by atoms with van der Waals surface area (Å²) in [5, 5.41) is 31.1. The van der Waals surface area contributed by atoms with Gasteiger partial charge in [-0.25, -0.2) is 0 Å². The predicted octanol–water partition coefficient (Wildman–Crippen LogP) is -0.833. The van der Waals surface area contributed by atoms with E-state index in [4.69, 9.17) is 15.4 Å². The maximum atomic E-state index is 9.53. The molecule has 1 aliphatic heterocycles.